The lowest BCUT2D eigenvalue weighted by Crippen LogP contribution is -2.38. The van der Waals surface area contributed by atoms with Gasteiger partial charge in [0.05, 0.1) is 6.10 Å². The minimum atomic E-state index is -0.253. The molecule has 0 bridgehead atoms. The molecule has 1 aliphatic rings. The van der Waals surface area contributed by atoms with Gasteiger partial charge in [-0.25, -0.2) is 0 Å². The summed E-state index contributed by atoms with van der Waals surface area (Å²) in [6, 6.07) is 5.85. The predicted octanol–water partition coefficient (Wildman–Crippen LogP) is 2.30. The Hall–Kier alpha value is -2.41. The Balaban J connectivity index is 1.72. The van der Waals surface area contributed by atoms with Crippen molar-refractivity contribution in [3.05, 3.63) is 35.2 Å². The van der Waals surface area contributed by atoms with Crippen LogP contribution in [-0.4, -0.2) is 47.0 Å². The number of carbonyl (C=O) groups excluding carboxylic acids is 1. The molecule has 2 heterocycles. The highest BCUT2D eigenvalue weighted by Crippen LogP contribution is 2.20. The van der Waals surface area contributed by atoms with Crippen LogP contribution in [0.5, 0.6) is 0 Å². The highest BCUT2D eigenvalue weighted by Gasteiger charge is 2.24. The van der Waals surface area contributed by atoms with E-state index in [4.69, 9.17) is 4.74 Å². The third-order valence-corrected chi connectivity index (χ3v) is 4.88. The molecule has 0 atom stereocenters. The predicted molar refractivity (Wildman–Crippen MR) is 97.1 cm³/mol. The Labute approximate surface area is 148 Å². The van der Waals surface area contributed by atoms with Crippen molar-refractivity contribution in [2.45, 2.75) is 32.8 Å². The van der Waals surface area contributed by atoms with Crippen LogP contribution in [0.15, 0.2) is 18.2 Å². The highest BCUT2D eigenvalue weighted by atomic mass is 16.5. The Morgan fingerprint density at radius 3 is 2.56 bits per heavy atom. The molecule has 0 saturated carbocycles. The van der Waals surface area contributed by atoms with Gasteiger partial charge in [0.25, 0.3) is 5.91 Å². The van der Waals surface area contributed by atoms with Gasteiger partial charge in [0.2, 0.25) is 11.8 Å². The van der Waals surface area contributed by atoms with Crippen molar-refractivity contribution in [3.63, 3.8) is 0 Å². The van der Waals surface area contributed by atoms with E-state index in [9.17, 15) is 4.79 Å². The van der Waals surface area contributed by atoms with Gasteiger partial charge >= 0.3 is 0 Å². The summed E-state index contributed by atoms with van der Waals surface area (Å²) in [6.45, 7) is 5.77. The van der Waals surface area contributed by atoms with Crippen LogP contribution < -0.4 is 10.2 Å². The number of hydrogen-bond acceptors (Lipinski definition) is 5. The molecule has 1 N–H and O–H groups in total. The van der Waals surface area contributed by atoms with Gasteiger partial charge < -0.3 is 15.0 Å². The summed E-state index contributed by atoms with van der Waals surface area (Å²) in [5.41, 5.74) is 3.09. The summed E-state index contributed by atoms with van der Waals surface area (Å²) in [7, 11) is 3.57. The lowest BCUT2D eigenvalue weighted by atomic mass is 10.1. The zero-order valence-electron chi connectivity index (χ0n) is 15.2. The van der Waals surface area contributed by atoms with Crippen molar-refractivity contribution in [3.8, 4) is 0 Å². The molecule has 1 fully saturated rings. The average Bonchev–Trinajstić information content (AvgIpc) is 3.00. The maximum atomic E-state index is 12.6. The maximum Gasteiger partial charge on any atom is 0.293 e. The van der Waals surface area contributed by atoms with Crippen molar-refractivity contribution >= 4 is 17.5 Å². The second-order valence-electron chi connectivity index (χ2n) is 6.56. The number of nitrogens with zero attached hydrogens (tertiary/aromatic N) is 4. The van der Waals surface area contributed by atoms with Gasteiger partial charge in [0.15, 0.2) is 0 Å². The second kappa shape index (κ2) is 7.23. The Bertz CT molecular complexity index is 763. The van der Waals surface area contributed by atoms with Gasteiger partial charge in [-0.2, -0.15) is 0 Å². The van der Waals surface area contributed by atoms with Gasteiger partial charge in [0, 0.05) is 32.9 Å². The van der Waals surface area contributed by atoms with Crippen LogP contribution in [0.3, 0.4) is 0 Å². The number of piperidine rings is 1. The van der Waals surface area contributed by atoms with Crippen LogP contribution in [0.25, 0.3) is 0 Å². The molecule has 0 spiro atoms. The van der Waals surface area contributed by atoms with Crippen molar-refractivity contribution in [1.82, 2.24) is 14.8 Å². The van der Waals surface area contributed by atoms with E-state index >= 15 is 0 Å². The van der Waals surface area contributed by atoms with Crippen molar-refractivity contribution in [1.29, 1.82) is 0 Å². The van der Waals surface area contributed by atoms with Crippen molar-refractivity contribution < 1.29 is 9.53 Å². The summed E-state index contributed by atoms with van der Waals surface area (Å²) < 4.78 is 7.15. The molecule has 1 aliphatic heterocycles. The third kappa shape index (κ3) is 3.66. The first kappa shape index (κ1) is 17.4. The van der Waals surface area contributed by atoms with Crippen LogP contribution in [0.2, 0.25) is 0 Å². The van der Waals surface area contributed by atoms with E-state index in [1.165, 1.54) is 5.56 Å². The molecule has 2 aromatic rings. The van der Waals surface area contributed by atoms with Crippen molar-refractivity contribution in [2.75, 3.05) is 30.4 Å². The quantitative estimate of drug-likeness (QED) is 0.922. The van der Waals surface area contributed by atoms with E-state index in [-0.39, 0.29) is 5.91 Å². The summed E-state index contributed by atoms with van der Waals surface area (Å²) >= 11 is 0. The van der Waals surface area contributed by atoms with Gasteiger partial charge in [-0.05, 0) is 49.9 Å². The monoisotopic (exact) mass is 343 g/mol. The standard InChI is InChI=1S/C18H25N5O2/c1-12-5-6-14(11-13(12)2)19-17(24)16-20-21-18(22(16)3)23-9-7-15(25-4)8-10-23/h5-6,11,15H,7-10H2,1-4H3,(H,19,24). The first-order valence-corrected chi connectivity index (χ1v) is 8.55. The molecule has 3 rings (SSSR count). The first-order valence-electron chi connectivity index (χ1n) is 8.55. The molecular weight excluding hydrogens is 318 g/mol. The molecule has 7 nitrogen and oxygen atoms in total. The molecular formula is C18H25N5O2. The van der Waals surface area contributed by atoms with E-state index < -0.39 is 0 Å². The van der Waals surface area contributed by atoms with Crippen LogP contribution >= 0.6 is 0 Å². The Kier molecular flexibility index (Phi) is 5.03. The number of ether oxygens (including phenoxy) is 1. The van der Waals surface area contributed by atoms with E-state index in [0.717, 1.165) is 43.1 Å². The minimum Gasteiger partial charge on any atom is -0.381 e. The second-order valence-corrected chi connectivity index (χ2v) is 6.56. The molecule has 0 radical (unpaired) electrons. The van der Waals surface area contributed by atoms with Crippen LogP contribution in [0, 0.1) is 13.8 Å². The van der Waals surface area contributed by atoms with Gasteiger partial charge in [0.1, 0.15) is 0 Å². The number of carbonyl (C=O) groups is 1. The normalized spacial score (nSPS) is 15.4. The molecule has 1 saturated heterocycles. The number of rotatable bonds is 4. The molecule has 0 aliphatic carbocycles. The summed E-state index contributed by atoms with van der Waals surface area (Å²) in [6.07, 6.45) is 2.21. The molecule has 25 heavy (non-hydrogen) atoms. The zero-order valence-corrected chi connectivity index (χ0v) is 15.2. The van der Waals surface area contributed by atoms with Gasteiger partial charge in [-0.3, -0.25) is 9.36 Å². The Morgan fingerprint density at radius 1 is 1.20 bits per heavy atom. The molecule has 1 aromatic carbocycles. The first-order chi connectivity index (χ1) is 12.0. The number of aryl methyl sites for hydroxylation is 2. The molecule has 134 valence electrons. The summed E-state index contributed by atoms with van der Waals surface area (Å²) in [5.74, 6) is 0.776. The number of anilines is 2. The van der Waals surface area contributed by atoms with Crippen molar-refractivity contribution in [2.24, 2.45) is 7.05 Å². The van der Waals surface area contributed by atoms with E-state index in [2.05, 4.69) is 20.4 Å². The maximum absolute atomic E-state index is 12.6. The van der Waals surface area contributed by atoms with E-state index in [1.54, 1.807) is 11.7 Å². The van der Waals surface area contributed by atoms with Crippen LogP contribution in [-0.2, 0) is 11.8 Å². The fourth-order valence-corrected chi connectivity index (χ4v) is 3.09. The smallest absolute Gasteiger partial charge is 0.293 e. The van der Waals surface area contributed by atoms with Gasteiger partial charge in [-0.1, -0.05) is 6.07 Å². The number of benzene rings is 1. The topological polar surface area (TPSA) is 72.3 Å². The number of methoxy groups -OCH3 is 1. The Morgan fingerprint density at radius 2 is 1.92 bits per heavy atom. The van der Waals surface area contributed by atoms with E-state index in [1.807, 2.05) is 39.1 Å². The lowest BCUT2D eigenvalue weighted by molar-refractivity contribution is 0.0815. The summed E-state index contributed by atoms with van der Waals surface area (Å²) in [4.78, 5) is 14.7. The number of amides is 1. The third-order valence-electron chi connectivity index (χ3n) is 4.88. The largest absolute Gasteiger partial charge is 0.381 e. The number of aromatic nitrogens is 3. The molecule has 1 aromatic heterocycles. The summed E-state index contributed by atoms with van der Waals surface area (Å²) in [5, 5.41) is 11.2. The molecule has 7 heteroatoms. The lowest BCUT2D eigenvalue weighted by Gasteiger charge is -2.31. The number of hydrogen-bond donors (Lipinski definition) is 1. The SMILES string of the molecule is COC1CCN(c2nnc(C(=O)Nc3ccc(C)c(C)c3)n2C)CC1. The fraction of sp³-hybridized carbons (Fsp3) is 0.500. The average molecular weight is 343 g/mol. The fourth-order valence-electron chi connectivity index (χ4n) is 3.09. The zero-order chi connectivity index (χ0) is 18.0. The number of nitrogens with one attached hydrogen (secondary N) is 1. The minimum absolute atomic E-state index is 0.253. The molecule has 1 amide bonds. The van der Waals surface area contributed by atoms with Crippen LogP contribution in [0.4, 0.5) is 11.6 Å². The van der Waals surface area contributed by atoms with E-state index in [0.29, 0.717) is 11.9 Å². The molecule has 0 unspecified atom stereocenters. The van der Waals surface area contributed by atoms with Crippen LogP contribution in [0.1, 0.15) is 34.6 Å². The highest BCUT2D eigenvalue weighted by molar-refractivity contribution is 6.02. The van der Waals surface area contributed by atoms with Gasteiger partial charge in [-0.15, -0.1) is 10.2 Å².